The Bertz CT molecular complexity index is 1240. The molecule has 0 fully saturated rings. The number of hydrogen-bond acceptors (Lipinski definition) is 4. The average Bonchev–Trinajstić information content (AvgIpc) is 2.85. The second kappa shape index (κ2) is 12.0. The number of anilines is 1. The summed E-state index contributed by atoms with van der Waals surface area (Å²) < 4.78 is 27.1. The zero-order chi connectivity index (χ0) is 25.4. The van der Waals surface area contributed by atoms with Crippen LogP contribution in [0.4, 0.5) is 5.69 Å². The first-order valence-corrected chi connectivity index (χ1v) is 13.7. The summed E-state index contributed by atoms with van der Waals surface area (Å²) in [6, 6.07) is 24.6. The molecule has 9 heteroatoms. The number of halogens is 1. The molecule has 0 heterocycles. The van der Waals surface area contributed by atoms with Crippen LogP contribution in [-0.4, -0.2) is 51.0 Å². The van der Waals surface area contributed by atoms with Gasteiger partial charge in [0.15, 0.2) is 0 Å². The SMILES string of the molecule is CNC(=O)[C@H](Cc1ccccc1)N(Cc1ccccc1)C(=O)CN(c1ccc(Br)cc1)S(C)(=O)=O. The Morgan fingerprint density at radius 2 is 1.43 bits per heavy atom. The van der Waals surface area contributed by atoms with Gasteiger partial charge in [0.1, 0.15) is 12.6 Å². The molecule has 0 aromatic heterocycles. The molecule has 0 unspecified atom stereocenters. The predicted octanol–water partition coefficient (Wildman–Crippen LogP) is 3.60. The van der Waals surface area contributed by atoms with Crippen molar-refractivity contribution in [1.29, 1.82) is 0 Å². The smallest absolute Gasteiger partial charge is 0.244 e. The lowest BCUT2D eigenvalue weighted by Gasteiger charge is -2.33. The molecule has 1 atom stereocenters. The lowest BCUT2D eigenvalue weighted by Crippen LogP contribution is -2.52. The molecule has 35 heavy (non-hydrogen) atoms. The molecule has 0 aliphatic rings. The van der Waals surface area contributed by atoms with E-state index >= 15 is 0 Å². The quantitative estimate of drug-likeness (QED) is 0.412. The molecule has 3 aromatic rings. The Morgan fingerprint density at radius 3 is 1.94 bits per heavy atom. The maximum atomic E-state index is 13.7. The van der Waals surface area contributed by atoms with Gasteiger partial charge in [0.2, 0.25) is 21.8 Å². The van der Waals surface area contributed by atoms with Crippen molar-refractivity contribution in [2.45, 2.75) is 19.0 Å². The molecule has 3 aromatic carbocycles. The molecule has 184 valence electrons. The van der Waals surface area contributed by atoms with Gasteiger partial charge in [-0.3, -0.25) is 13.9 Å². The Morgan fingerprint density at radius 1 is 0.886 bits per heavy atom. The van der Waals surface area contributed by atoms with Gasteiger partial charge in [0.05, 0.1) is 11.9 Å². The van der Waals surface area contributed by atoms with E-state index in [-0.39, 0.29) is 18.9 Å². The number of amides is 2. The van der Waals surface area contributed by atoms with Crippen LogP contribution in [0.5, 0.6) is 0 Å². The van der Waals surface area contributed by atoms with Crippen molar-refractivity contribution in [3.63, 3.8) is 0 Å². The average molecular weight is 558 g/mol. The van der Waals surface area contributed by atoms with Crippen LogP contribution in [0, 0.1) is 0 Å². The number of likely N-dealkylation sites (N-methyl/N-ethyl adjacent to an activating group) is 1. The third-order valence-corrected chi connectivity index (χ3v) is 7.18. The summed E-state index contributed by atoms with van der Waals surface area (Å²) in [5.41, 5.74) is 2.08. The van der Waals surface area contributed by atoms with Crippen LogP contribution in [0.1, 0.15) is 11.1 Å². The van der Waals surface area contributed by atoms with Crippen molar-refractivity contribution in [2.24, 2.45) is 0 Å². The van der Waals surface area contributed by atoms with E-state index in [0.717, 1.165) is 26.2 Å². The highest BCUT2D eigenvalue weighted by Crippen LogP contribution is 2.22. The number of carbonyl (C=O) groups excluding carboxylic acids is 2. The minimum Gasteiger partial charge on any atom is -0.357 e. The van der Waals surface area contributed by atoms with Crippen molar-refractivity contribution in [2.75, 3.05) is 24.2 Å². The Labute approximate surface area is 214 Å². The van der Waals surface area contributed by atoms with Gasteiger partial charge >= 0.3 is 0 Å². The van der Waals surface area contributed by atoms with E-state index in [1.165, 1.54) is 11.9 Å². The van der Waals surface area contributed by atoms with Crippen LogP contribution < -0.4 is 9.62 Å². The summed E-state index contributed by atoms with van der Waals surface area (Å²) in [6.45, 7) is -0.280. The molecular formula is C26H28BrN3O4S. The molecule has 0 saturated carbocycles. The molecule has 3 rings (SSSR count). The molecule has 0 radical (unpaired) electrons. The van der Waals surface area contributed by atoms with E-state index in [1.807, 2.05) is 60.7 Å². The van der Waals surface area contributed by atoms with E-state index in [9.17, 15) is 18.0 Å². The maximum absolute atomic E-state index is 13.7. The molecule has 0 aliphatic heterocycles. The molecule has 0 bridgehead atoms. The molecule has 0 saturated heterocycles. The van der Waals surface area contributed by atoms with Gasteiger partial charge in [-0.25, -0.2) is 8.42 Å². The van der Waals surface area contributed by atoms with Gasteiger partial charge in [-0.15, -0.1) is 0 Å². The standard InChI is InChI=1S/C26H28BrN3O4S/c1-28-26(32)24(17-20-9-5-3-6-10-20)29(18-21-11-7-4-8-12-21)25(31)19-30(35(2,33)34)23-15-13-22(27)14-16-23/h3-16,24H,17-19H2,1-2H3,(H,28,32)/t24-/m0/s1. The van der Waals surface area contributed by atoms with Gasteiger partial charge < -0.3 is 10.2 Å². The molecule has 2 amide bonds. The van der Waals surface area contributed by atoms with Gasteiger partial charge in [-0.1, -0.05) is 76.6 Å². The van der Waals surface area contributed by atoms with E-state index in [2.05, 4.69) is 21.2 Å². The zero-order valence-electron chi connectivity index (χ0n) is 19.6. The van der Waals surface area contributed by atoms with E-state index in [0.29, 0.717) is 5.69 Å². The summed E-state index contributed by atoms with van der Waals surface area (Å²) in [7, 11) is -2.25. The minimum absolute atomic E-state index is 0.155. The highest BCUT2D eigenvalue weighted by atomic mass is 79.9. The number of nitrogens with one attached hydrogen (secondary N) is 1. The first-order valence-electron chi connectivity index (χ1n) is 11.0. The fourth-order valence-corrected chi connectivity index (χ4v) is 4.84. The molecule has 1 N–H and O–H groups in total. The van der Waals surface area contributed by atoms with Crippen LogP contribution in [-0.2, 0) is 32.6 Å². The molecular weight excluding hydrogens is 530 g/mol. The Balaban J connectivity index is 1.99. The first kappa shape index (κ1) is 26.4. The summed E-state index contributed by atoms with van der Waals surface area (Å²) in [5, 5.41) is 2.66. The van der Waals surface area contributed by atoms with E-state index in [4.69, 9.17) is 0 Å². The number of rotatable bonds is 10. The summed E-state index contributed by atoms with van der Waals surface area (Å²) in [6.07, 6.45) is 1.35. The topological polar surface area (TPSA) is 86.8 Å². The van der Waals surface area contributed by atoms with Crippen LogP contribution in [0.3, 0.4) is 0 Å². The third-order valence-electron chi connectivity index (χ3n) is 5.51. The monoisotopic (exact) mass is 557 g/mol. The number of carbonyl (C=O) groups is 2. The molecule has 0 spiro atoms. The van der Waals surface area contributed by atoms with Crippen molar-refractivity contribution in [3.8, 4) is 0 Å². The highest BCUT2D eigenvalue weighted by Gasteiger charge is 2.32. The van der Waals surface area contributed by atoms with Crippen molar-refractivity contribution in [3.05, 3.63) is 101 Å². The lowest BCUT2D eigenvalue weighted by atomic mass is 10.0. The van der Waals surface area contributed by atoms with Crippen LogP contribution >= 0.6 is 15.9 Å². The third kappa shape index (κ3) is 7.40. The summed E-state index contributed by atoms with van der Waals surface area (Å²) >= 11 is 3.34. The Hall–Kier alpha value is -3.17. The number of benzene rings is 3. The Kier molecular flexibility index (Phi) is 9.06. The van der Waals surface area contributed by atoms with Crippen molar-refractivity contribution in [1.82, 2.24) is 10.2 Å². The van der Waals surface area contributed by atoms with Crippen LogP contribution in [0.25, 0.3) is 0 Å². The molecule has 0 aliphatic carbocycles. The van der Waals surface area contributed by atoms with Crippen LogP contribution in [0.15, 0.2) is 89.4 Å². The van der Waals surface area contributed by atoms with Gasteiger partial charge in [-0.05, 0) is 35.4 Å². The number of nitrogens with zero attached hydrogens (tertiary/aromatic N) is 2. The lowest BCUT2D eigenvalue weighted by molar-refractivity contribution is -0.139. The summed E-state index contributed by atoms with van der Waals surface area (Å²) in [4.78, 5) is 28.2. The largest absolute Gasteiger partial charge is 0.357 e. The van der Waals surface area contributed by atoms with Crippen molar-refractivity contribution < 1.29 is 18.0 Å². The first-order chi connectivity index (χ1) is 16.7. The fraction of sp³-hybridized carbons (Fsp3) is 0.231. The van der Waals surface area contributed by atoms with Gasteiger partial charge in [0, 0.05) is 24.5 Å². The maximum Gasteiger partial charge on any atom is 0.244 e. The normalized spacial score (nSPS) is 12.0. The summed E-state index contributed by atoms with van der Waals surface area (Å²) in [5.74, 6) is -0.806. The van der Waals surface area contributed by atoms with Crippen LogP contribution in [0.2, 0.25) is 0 Å². The second-order valence-corrected chi connectivity index (χ2v) is 10.9. The molecule has 7 nitrogen and oxygen atoms in total. The minimum atomic E-state index is -3.77. The predicted molar refractivity (Wildman–Crippen MR) is 141 cm³/mol. The van der Waals surface area contributed by atoms with E-state index < -0.39 is 28.5 Å². The van der Waals surface area contributed by atoms with Gasteiger partial charge in [0.25, 0.3) is 0 Å². The number of hydrogen-bond donors (Lipinski definition) is 1. The number of sulfonamides is 1. The fourth-order valence-electron chi connectivity index (χ4n) is 3.72. The second-order valence-electron chi connectivity index (χ2n) is 8.07. The highest BCUT2D eigenvalue weighted by molar-refractivity contribution is 9.10. The van der Waals surface area contributed by atoms with Crippen molar-refractivity contribution >= 4 is 43.5 Å². The zero-order valence-corrected chi connectivity index (χ0v) is 22.0. The van der Waals surface area contributed by atoms with E-state index in [1.54, 1.807) is 24.3 Å². The van der Waals surface area contributed by atoms with Gasteiger partial charge in [-0.2, -0.15) is 0 Å².